The summed E-state index contributed by atoms with van der Waals surface area (Å²) in [6, 6.07) is 0. The molecule has 1 aliphatic carbocycles. The number of carbonyl (C=O) groups excluding carboxylic acids is 1. The Kier molecular flexibility index (Phi) is 5.19. The van der Waals surface area contributed by atoms with Crippen molar-refractivity contribution in [2.75, 3.05) is 4.43 Å². The number of hydrogen-bond donors (Lipinski definition) is 0. The molecular weight excluding hydrogens is 263 g/mol. The summed E-state index contributed by atoms with van der Waals surface area (Å²) < 4.78 is 1.26. The van der Waals surface area contributed by atoms with Gasteiger partial charge in [-0.05, 0) is 36.0 Å². The van der Waals surface area contributed by atoms with Gasteiger partial charge in [-0.3, -0.25) is 4.79 Å². The second kappa shape index (κ2) is 5.95. The Bertz CT molecular complexity index is 145. The largest absolute Gasteiger partial charge is 0.300 e. The molecule has 0 aromatic heterocycles. The van der Waals surface area contributed by atoms with Gasteiger partial charge in [0.2, 0.25) is 0 Å². The minimum atomic E-state index is 0.501. The lowest BCUT2D eigenvalue weighted by molar-refractivity contribution is -0.121. The molecule has 0 bridgehead atoms. The molecule has 1 saturated carbocycles. The Morgan fingerprint density at radius 1 is 1.42 bits per heavy atom. The lowest BCUT2D eigenvalue weighted by atomic mass is 9.85. The number of Topliss-reactive ketones (excluding diaryl/α,β-unsaturated/α-hetero) is 1. The van der Waals surface area contributed by atoms with Crippen molar-refractivity contribution in [3.8, 4) is 0 Å². The van der Waals surface area contributed by atoms with E-state index < -0.39 is 0 Å². The molecular formula is C10H17IO. The summed E-state index contributed by atoms with van der Waals surface area (Å²) in [5, 5.41) is 0. The standard InChI is InChI=1S/C10H17IO/c11-7-2-1-4-9-5-3-6-10(12)8-9/h9H,1-8H2. The molecule has 1 rings (SSSR count). The molecule has 0 N–H and O–H groups in total. The van der Waals surface area contributed by atoms with Crippen molar-refractivity contribution in [1.29, 1.82) is 0 Å². The summed E-state index contributed by atoms with van der Waals surface area (Å²) in [6.07, 6.45) is 8.10. The zero-order valence-electron chi connectivity index (χ0n) is 7.52. The van der Waals surface area contributed by atoms with Gasteiger partial charge >= 0.3 is 0 Å². The Labute approximate surface area is 88.4 Å². The second-order valence-electron chi connectivity index (χ2n) is 3.69. The second-order valence-corrected chi connectivity index (χ2v) is 4.76. The van der Waals surface area contributed by atoms with Crippen molar-refractivity contribution in [2.24, 2.45) is 5.92 Å². The van der Waals surface area contributed by atoms with Crippen LogP contribution in [0, 0.1) is 5.92 Å². The molecule has 12 heavy (non-hydrogen) atoms. The molecule has 0 aromatic rings. The quantitative estimate of drug-likeness (QED) is 0.438. The fourth-order valence-electron chi connectivity index (χ4n) is 1.89. The van der Waals surface area contributed by atoms with Crippen molar-refractivity contribution < 1.29 is 4.79 Å². The average Bonchev–Trinajstić information content (AvgIpc) is 2.05. The number of rotatable bonds is 4. The normalized spacial score (nSPS) is 24.4. The van der Waals surface area contributed by atoms with Crippen LogP contribution >= 0.6 is 22.6 Å². The fourth-order valence-corrected chi connectivity index (χ4v) is 2.43. The number of alkyl halides is 1. The lowest BCUT2D eigenvalue weighted by Crippen LogP contribution is -2.14. The van der Waals surface area contributed by atoms with Gasteiger partial charge in [-0.15, -0.1) is 0 Å². The van der Waals surface area contributed by atoms with Crippen LogP contribution in [-0.2, 0) is 4.79 Å². The highest BCUT2D eigenvalue weighted by atomic mass is 127. The molecule has 1 nitrogen and oxygen atoms in total. The van der Waals surface area contributed by atoms with Gasteiger partial charge in [0.15, 0.2) is 0 Å². The zero-order chi connectivity index (χ0) is 8.81. The first-order chi connectivity index (χ1) is 5.83. The van der Waals surface area contributed by atoms with Crippen LogP contribution in [-0.4, -0.2) is 10.2 Å². The Balaban J connectivity index is 2.10. The monoisotopic (exact) mass is 280 g/mol. The van der Waals surface area contributed by atoms with E-state index in [1.165, 1.54) is 30.1 Å². The Morgan fingerprint density at radius 3 is 2.92 bits per heavy atom. The summed E-state index contributed by atoms with van der Waals surface area (Å²) in [7, 11) is 0. The molecule has 0 aromatic carbocycles. The van der Waals surface area contributed by atoms with Crippen LogP contribution in [0.5, 0.6) is 0 Å². The molecule has 1 aliphatic rings. The summed E-state index contributed by atoms with van der Waals surface area (Å²) in [6.45, 7) is 0. The van der Waals surface area contributed by atoms with Gasteiger partial charge in [-0.1, -0.05) is 29.0 Å². The highest BCUT2D eigenvalue weighted by molar-refractivity contribution is 14.1. The van der Waals surface area contributed by atoms with Crippen molar-refractivity contribution >= 4 is 28.4 Å². The number of ketones is 1. The van der Waals surface area contributed by atoms with Crippen molar-refractivity contribution in [3.05, 3.63) is 0 Å². The first kappa shape index (κ1) is 10.5. The molecule has 0 spiro atoms. The zero-order valence-corrected chi connectivity index (χ0v) is 9.68. The van der Waals surface area contributed by atoms with Crippen LogP contribution in [0.4, 0.5) is 0 Å². The fraction of sp³-hybridized carbons (Fsp3) is 0.900. The maximum absolute atomic E-state index is 11.1. The smallest absolute Gasteiger partial charge is 0.133 e. The van der Waals surface area contributed by atoms with Crippen molar-refractivity contribution in [2.45, 2.75) is 44.9 Å². The molecule has 2 heteroatoms. The van der Waals surface area contributed by atoms with Crippen LogP contribution in [0.15, 0.2) is 0 Å². The van der Waals surface area contributed by atoms with Crippen LogP contribution in [0.3, 0.4) is 0 Å². The Hall–Kier alpha value is 0.400. The SMILES string of the molecule is O=C1CCCC(CCCCI)C1. The highest BCUT2D eigenvalue weighted by Crippen LogP contribution is 2.25. The molecule has 0 radical (unpaired) electrons. The van der Waals surface area contributed by atoms with E-state index >= 15 is 0 Å². The number of unbranched alkanes of at least 4 members (excludes halogenated alkanes) is 1. The molecule has 1 unspecified atom stereocenters. The topological polar surface area (TPSA) is 17.1 Å². The number of halogens is 1. The predicted octanol–water partition coefficient (Wildman–Crippen LogP) is 3.35. The maximum atomic E-state index is 11.1. The van der Waals surface area contributed by atoms with Crippen LogP contribution in [0.1, 0.15) is 44.9 Å². The molecule has 1 atom stereocenters. The lowest BCUT2D eigenvalue weighted by Gasteiger charge is -2.20. The van der Waals surface area contributed by atoms with E-state index in [0.29, 0.717) is 5.78 Å². The molecule has 0 amide bonds. The van der Waals surface area contributed by atoms with E-state index in [-0.39, 0.29) is 0 Å². The van der Waals surface area contributed by atoms with Gasteiger partial charge in [-0.2, -0.15) is 0 Å². The van der Waals surface area contributed by atoms with E-state index in [9.17, 15) is 4.79 Å². The minimum absolute atomic E-state index is 0.501. The van der Waals surface area contributed by atoms with Gasteiger partial charge in [0, 0.05) is 12.8 Å². The maximum Gasteiger partial charge on any atom is 0.133 e. The first-order valence-electron chi connectivity index (χ1n) is 4.90. The summed E-state index contributed by atoms with van der Waals surface area (Å²) in [5.41, 5.74) is 0. The van der Waals surface area contributed by atoms with Gasteiger partial charge in [0.25, 0.3) is 0 Å². The number of carbonyl (C=O) groups is 1. The van der Waals surface area contributed by atoms with E-state index in [0.717, 1.165) is 25.2 Å². The van der Waals surface area contributed by atoms with E-state index in [1.54, 1.807) is 0 Å². The molecule has 1 fully saturated rings. The van der Waals surface area contributed by atoms with Crippen molar-refractivity contribution in [3.63, 3.8) is 0 Å². The third-order valence-electron chi connectivity index (χ3n) is 2.58. The Morgan fingerprint density at radius 2 is 2.25 bits per heavy atom. The third-order valence-corrected chi connectivity index (χ3v) is 3.34. The van der Waals surface area contributed by atoms with E-state index in [2.05, 4.69) is 22.6 Å². The first-order valence-corrected chi connectivity index (χ1v) is 6.43. The summed E-state index contributed by atoms with van der Waals surface area (Å²) in [4.78, 5) is 11.1. The van der Waals surface area contributed by atoms with Crippen molar-refractivity contribution in [1.82, 2.24) is 0 Å². The van der Waals surface area contributed by atoms with Gasteiger partial charge in [-0.25, -0.2) is 0 Å². The van der Waals surface area contributed by atoms with Gasteiger partial charge in [0.05, 0.1) is 0 Å². The molecule has 0 aliphatic heterocycles. The number of hydrogen-bond acceptors (Lipinski definition) is 1. The third kappa shape index (κ3) is 3.87. The van der Waals surface area contributed by atoms with Gasteiger partial charge in [0.1, 0.15) is 5.78 Å². The van der Waals surface area contributed by atoms with Crippen LogP contribution in [0.25, 0.3) is 0 Å². The highest BCUT2D eigenvalue weighted by Gasteiger charge is 2.18. The molecule has 70 valence electrons. The predicted molar refractivity (Wildman–Crippen MR) is 59.7 cm³/mol. The van der Waals surface area contributed by atoms with Crippen LogP contribution in [0.2, 0.25) is 0 Å². The van der Waals surface area contributed by atoms with Crippen LogP contribution < -0.4 is 0 Å². The summed E-state index contributed by atoms with van der Waals surface area (Å²) >= 11 is 2.42. The molecule has 0 saturated heterocycles. The summed E-state index contributed by atoms with van der Waals surface area (Å²) in [5.74, 6) is 1.23. The van der Waals surface area contributed by atoms with E-state index in [1.807, 2.05) is 0 Å². The van der Waals surface area contributed by atoms with Gasteiger partial charge < -0.3 is 0 Å². The minimum Gasteiger partial charge on any atom is -0.300 e. The molecule has 0 heterocycles. The van der Waals surface area contributed by atoms with E-state index in [4.69, 9.17) is 0 Å². The average molecular weight is 280 g/mol.